The van der Waals surface area contributed by atoms with E-state index >= 15 is 0 Å². The molecule has 0 aliphatic rings. The van der Waals surface area contributed by atoms with Crippen molar-refractivity contribution in [1.82, 2.24) is 5.32 Å². The standard InChI is InChI=1S/C17H22BrNOS/c1-3-9-19-13(2)16-7-6-14(18)12-17(16)20-10-8-15-5-4-11-21-15/h4-7,11-13,19H,3,8-10H2,1-2H3. The fourth-order valence-electron chi connectivity index (χ4n) is 2.18. The molecule has 2 aromatic rings. The van der Waals surface area contributed by atoms with Gasteiger partial charge in [-0.25, -0.2) is 0 Å². The molecule has 0 saturated carbocycles. The van der Waals surface area contributed by atoms with E-state index in [0.717, 1.165) is 29.6 Å². The van der Waals surface area contributed by atoms with Gasteiger partial charge in [0.25, 0.3) is 0 Å². The molecule has 4 heteroatoms. The lowest BCUT2D eigenvalue weighted by Crippen LogP contribution is -2.20. The summed E-state index contributed by atoms with van der Waals surface area (Å²) in [5, 5.41) is 5.63. The topological polar surface area (TPSA) is 21.3 Å². The minimum absolute atomic E-state index is 0.301. The Hall–Kier alpha value is -0.840. The van der Waals surface area contributed by atoms with E-state index in [1.54, 1.807) is 11.3 Å². The fraction of sp³-hybridized carbons (Fsp3) is 0.412. The Morgan fingerprint density at radius 1 is 1.33 bits per heavy atom. The zero-order chi connectivity index (χ0) is 15.1. The van der Waals surface area contributed by atoms with Crippen LogP contribution >= 0.6 is 27.3 Å². The predicted octanol–water partition coefficient (Wildman–Crippen LogP) is 5.19. The van der Waals surface area contributed by atoms with Crippen molar-refractivity contribution in [3.05, 3.63) is 50.6 Å². The first kappa shape index (κ1) is 16.5. The Bertz CT molecular complexity index is 542. The number of nitrogens with one attached hydrogen (secondary N) is 1. The largest absolute Gasteiger partial charge is 0.493 e. The van der Waals surface area contributed by atoms with Crippen LogP contribution in [0.1, 0.15) is 36.8 Å². The van der Waals surface area contributed by atoms with Crippen LogP contribution < -0.4 is 10.1 Å². The summed E-state index contributed by atoms with van der Waals surface area (Å²) in [6.45, 7) is 6.10. The van der Waals surface area contributed by atoms with E-state index in [1.807, 2.05) is 0 Å². The summed E-state index contributed by atoms with van der Waals surface area (Å²) in [5.41, 5.74) is 1.22. The second-order valence-corrected chi connectivity index (χ2v) is 6.98. The minimum atomic E-state index is 0.301. The van der Waals surface area contributed by atoms with E-state index < -0.39 is 0 Å². The molecule has 1 N–H and O–H groups in total. The molecule has 0 amide bonds. The molecule has 0 fully saturated rings. The summed E-state index contributed by atoms with van der Waals surface area (Å²) < 4.78 is 7.08. The minimum Gasteiger partial charge on any atom is -0.493 e. The van der Waals surface area contributed by atoms with Crippen LogP contribution in [0, 0.1) is 0 Å². The van der Waals surface area contributed by atoms with E-state index in [-0.39, 0.29) is 0 Å². The lowest BCUT2D eigenvalue weighted by atomic mass is 10.1. The van der Waals surface area contributed by atoms with Crippen molar-refractivity contribution in [2.75, 3.05) is 13.2 Å². The smallest absolute Gasteiger partial charge is 0.125 e. The molecular formula is C17H22BrNOS. The third kappa shape index (κ3) is 5.13. The van der Waals surface area contributed by atoms with Crippen LogP contribution in [0.25, 0.3) is 0 Å². The van der Waals surface area contributed by atoms with Crippen LogP contribution in [-0.2, 0) is 6.42 Å². The van der Waals surface area contributed by atoms with Gasteiger partial charge in [-0.15, -0.1) is 11.3 Å². The van der Waals surface area contributed by atoms with Crippen molar-refractivity contribution in [2.24, 2.45) is 0 Å². The van der Waals surface area contributed by atoms with Crippen molar-refractivity contribution in [3.63, 3.8) is 0 Å². The molecule has 114 valence electrons. The molecule has 0 bridgehead atoms. The van der Waals surface area contributed by atoms with E-state index in [2.05, 4.69) is 70.8 Å². The predicted molar refractivity (Wildman–Crippen MR) is 94.4 cm³/mol. The van der Waals surface area contributed by atoms with E-state index in [4.69, 9.17) is 4.74 Å². The highest BCUT2D eigenvalue weighted by molar-refractivity contribution is 9.10. The highest BCUT2D eigenvalue weighted by atomic mass is 79.9. The molecule has 21 heavy (non-hydrogen) atoms. The van der Waals surface area contributed by atoms with Crippen LogP contribution in [0.5, 0.6) is 5.75 Å². The molecule has 2 rings (SSSR count). The molecule has 1 unspecified atom stereocenters. The first-order valence-corrected chi connectivity index (χ1v) is 9.06. The number of ether oxygens (including phenoxy) is 1. The number of halogens is 1. The Balaban J connectivity index is 2.00. The quantitative estimate of drug-likeness (QED) is 0.692. The lowest BCUT2D eigenvalue weighted by Gasteiger charge is -2.18. The second-order valence-electron chi connectivity index (χ2n) is 5.04. The number of hydrogen-bond acceptors (Lipinski definition) is 3. The SMILES string of the molecule is CCCNC(C)c1ccc(Br)cc1OCCc1cccs1. The molecule has 2 nitrogen and oxygen atoms in total. The lowest BCUT2D eigenvalue weighted by molar-refractivity contribution is 0.316. The summed E-state index contributed by atoms with van der Waals surface area (Å²) in [6.07, 6.45) is 2.09. The van der Waals surface area contributed by atoms with Gasteiger partial charge < -0.3 is 10.1 Å². The zero-order valence-electron chi connectivity index (χ0n) is 12.6. The highest BCUT2D eigenvalue weighted by Crippen LogP contribution is 2.29. The van der Waals surface area contributed by atoms with E-state index in [9.17, 15) is 0 Å². The molecular weight excluding hydrogens is 346 g/mol. The summed E-state index contributed by atoms with van der Waals surface area (Å²) >= 11 is 5.31. The van der Waals surface area contributed by atoms with Crippen LogP contribution in [0.2, 0.25) is 0 Å². The van der Waals surface area contributed by atoms with Gasteiger partial charge in [-0.2, -0.15) is 0 Å². The first-order chi connectivity index (χ1) is 10.2. The maximum atomic E-state index is 6.03. The average molecular weight is 368 g/mol. The van der Waals surface area contributed by atoms with Crippen molar-refractivity contribution in [2.45, 2.75) is 32.7 Å². The van der Waals surface area contributed by atoms with Gasteiger partial charge in [-0.1, -0.05) is 35.0 Å². The maximum absolute atomic E-state index is 6.03. The van der Waals surface area contributed by atoms with Crippen LogP contribution in [0.15, 0.2) is 40.2 Å². The van der Waals surface area contributed by atoms with Gasteiger partial charge in [0.1, 0.15) is 5.75 Å². The number of rotatable bonds is 8. The van der Waals surface area contributed by atoms with Gasteiger partial charge in [-0.05, 0) is 43.5 Å². The second kappa shape index (κ2) is 8.57. The highest BCUT2D eigenvalue weighted by Gasteiger charge is 2.11. The maximum Gasteiger partial charge on any atom is 0.125 e. The number of hydrogen-bond donors (Lipinski definition) is 1. The van der Waals surface area contributed by atoms with Gasteiger partial charge in [0.05, 0.1) is 6.61 Å². The van der Waals surface area contributed by atoms with Crippen molar-refractivity contribution < 1.29 is 4.74 Å². The monoisotopic (exact) mass is 367 g/mol. The average Bonchev–Trinajstić information content (AvgIpc) is 2.98. The van der Waals surface area contributed by atoms with Gasteiger partial charge in [0, 0.05) is 27.4 Å². The third-order valence-corrected chi connectivity index (χ3v) is 4.76. The molecule has 1 heterocycles. The summed E-state index contributed by atoms with van der Waals surface area (Å²) in [6, 6.07) is 10.8. The Kier molecular flexibility index (Phi) is 6.74. The molecule has 0 radical (unpaired) electrons. The Morgan fingerprint density at radius 3 is 2.90 bits per heavy atom. The summed E-state index contributed by atoms with van der Waals surface area (Å²) in [4.78, 5) is 1.36. The molecule has 0 aliphatic heterocycles. The normalized spacial score (nSPS) is 12.3. The van der Waals surface area contributed by atoms with Crippen LogP contribution in [0.3, 0.4) is 0 Å². The molecule has 1 aromatic carbocycles. The molecule has 1 atom stereocenters. The van der Waals surface area contributed by atoms with Gasteiger partial charge in [0.15, 0.2) is 0 Å². The number of benzene rings is 1. The van der Waals surface area contributed by atoms with E-state index in [1.165, 1.54) is 10.4 Å². The third-order valence-electron chi connectivity index (χ3n) is 3.33. The molecule has 0 spiro atoms. The summed E-state index contributed by atoms with van der Waals surface area (Å²) in [7, 11) is 0. The van der Waals surface area contributed by atoms with Crippen molar-refractivity contribution in [1.29, 1.82) is 0 Å². The van der Waals surface area contributed by atoms with Gasteiger partial charge in [-0.3, -0.25) is 0 Å². The van der Waals surface area contributed by atoms with Crippen molar-refractivity contribution >= 4 is 27.3 Å². The Labute approximate surface area is 139 Å². The molecule has 0 aliphatic carbocycles. The molecule has 1 aromatic heterocycles. The van der Waals surface area contributed by atoms with Crippen LogP contribution in [-0.4, -0.2) is 13.2 Å². The fourth-order valence-corrected chi connectivity index (χ4v) is 3.21. The Morgan fingerprint density at radius 2 is 2.19 bits per heavy atom. The van der Waals surface area contributed by atoms with E-state index in [0.29, 0.717) is 12.6 Å². The summed E-state index contributed by atoms with van der Waals surface area (Å²) in [5.74, 6) is 0.969. The van der Waals surface area contributed by atoms with Crippen LogP contribution in [0.4, 0.5) is 0 Å². The molecule has 0 saturated heterocycles. The van der Waals surface area contributed by atoms with Gasteiger partial charge in [0.2, 0.25) is 0 Å². The van der Waals surface area contributed by atoms with Crippen molar-refractivity contribution in [3.8, 4) is 5.75 Å². The zero-order valence-corrected chi connectivity index (χ0v) is 15.0. The number of thiophene rings is 1. The van der Waals surface area contributed by atoms with Gasteiger partial charge >= 0.3 is 0 Å². The first-order valence-electron chi connectivity index (χ1n) is 7.38.